The van der Waals surface area contributed by atoms with Crippen LogP contribution in [0.2, 0.25) is 0 Å². The fourth-order valence-corrected chi connectivity index (χ4v) is 5.56. The molecular formula is C24H18BrN7O. The zero-order valence-corrected chi connectivity index (χ0v) is 19.0. The molecule has 0 bridgehead atoms. The Balaban J connectivity index is 1.56. The van der Waals surface area contributed by atoms with Crippen LogP contribution in [0.5, 0.6) is 0 Å². The molecule has 0 unspecified atom stereocenters. The molecule has 1 aliphatic carbocycles. The van der Waals surface area contributed by atoms with Gasteiger partial charge in [-0.15, -0.1) is 0 Å². The second kappa shape index (κ2) is 6.00. The van der Waals surface area contributed by atoms with E-state index in [-0.39, 0.29) is 5.96 Å². The zero-order chi connectivity index (χ0) is 22.5. The van der Waals surface area contributed by atoms with Crippen molar-refractivity contribution in [1.29, 1.82) is 0 Å². The Labute approximate surface area is 196 Å². The summed E-state index contributed by atoms with van der Waals surface area (Å²) in [7, 11) is 0. The third kappa shape index (κ3) is 2.25. The van der Waals surface area contributed by atoms with E-state index in [4.69, 9.17) is 15.7 Å². The Morgan fingerprint density at radius 2 is 1.94 bits per heavy atom. The first-order chi connectivity index (χ1) is 15.9. The average molecular weight is 500 g/mol. The first kappa shape index (κ1) is 18.8. The van der Waals surface area contributed by atoms with Crippen molar-refractivity contribution in [3.8, 4) is 22.5 Å². The van der Waals surface area contributed by atoms with Crippen LogP contribution < -0.4 is 11.1 Å². The monoisotopic (exact) mass is 499 g/mol. The summed E-state index contributed by atoms with van der Waals surface area (Å²) in [4.78, 5) is 20.9. The summed E-state index contributed by atoms with van der Waals surface area (Å²) in [6.07, 6.45) is 3.66. The minimum atomic E-state index is -1.73. The van der Waals surface area contributed by atoms with Gasteiger partial charge in [0.15, 0.2) is 5.96 Å². The molecule has 2 atom stereocenters. The van der Waals surface area contributed by atoms with Crippen LogP contribution in [-0.2, 0) is 11.3 Å². The number of benzene rings is 2. The molecule has 1 aliphatic heterocycles. The van der Waals surface area contributed by atoms with Gasteiger partial charge in [-0.05, 0) is 25.1 Å². The number of halogens is 1. The largest absolute Gasteiger partial charge is 0.370 e. The van der Waals surface area contributed by atoms with Gasteiger partial charge in [0.25, 0.3) is 0 Å². The topological polar surface area (TPSA) is 128 Å². The van der Waals surface area contributed by atoms with Crippen LogP contribution in [0.25, 0.3) is 44.3 Å². The van der Waals surface area contributed by atoms with E-state index in [1.165, 1.54) is 0 Å². The van der Waals surface area contributed by atoms with E-state index in [2.05, 4.69) is 36.2 Å². The van der Waals surface area contributed by atoms with Crippen molar-refractivity contribution >= 4 is 43.7 Å². The quantitative estimate of drug-likeness (QED) is 0.239. The van der Waals surface area contributed by atoms with Gasteiger partial charge in [-0.25, -0.2) is 9.98 Å². The number of aromatic amines is 2. The van der Waals surface area contributed by atoms with E-state index in [9.17, 15) is 5.11 Å². The summed E-state index contributed by atoms with van der Waals surface area (Å²) in [5, 5.41) is 17.2. The molecule has 0 spiro atoms. The molecule has 0 amide bonds. The van der Waals surface area contributed by atoms with Gasteiger partial charge in [-0.3, -0.25) is 4.98 Å². The number of guanidine groups is 1. The molecule has 0 saturated heterocycles. The fourth-order valence-electron chi connectivity index (χ4n) is 5.20. The van der Waals surface area contributed by atoms with Gasteiger partial charge in [-0.1, -0.05) is 40.2 Å². The van der Waals surface area contributed by atoms with Crippen molar-refractivity contribution in [2.75, 3.05) is 0 Å². The number of rotatable bonds is 1. The van der Waals surface area contributed by atoms with E-state index in [0.29, 0.717) is 17.1 Å². The van der Waals surface area contributed by atoms with Crippen molar-refractivity contribution in [3.05, 3.63) is 70.7 Å². The number of fused-ring (bicyclic) bond motifs is 9. The molecule has 0 radical (unpaired) electrons. The highest BCUT2D eigenvalue weighted by Crippen LogP contribution is 2.54. The maximum Gasteiger partial charge on any atom is 0.234 e. The van der Waals surface area contributed by atoms with Gasteiger partial charge >= 0.3 is 0 Å². The molecule has 2 aromatic carbocycles. The van der Waals surface area contributed by atoms with Crippen molar-refractivity contribution in [2.24, 2.45) is 10.7 Å². The number of aliphatic imine (C=N–C) groups is 1. The van der Waals surface area contributed by atoms with E-state index in [0.717, 1.165) is 43.1 Å². The smallest absolute Gasteiger partial charge is 0.234 e. The summed E-state index contributed by atoms with van der Waals surface area (Å²) >= 11 is 3.54. The Morgan fingerprint density at radius 3 is 2.82 bits per heavy atom. The second-order valence-electron chi connectivity index (χ2n) is 8.68. The van der Waals surface area contributed by atoms with Crippen LogP contribution in [0.15, 0.2) is 64.3 Å². The SMILES string of the molecule is C[C@]12NC(N)=N[C@@]1(O)c1nc(-c3c[nH]c4ccccc34)cnc1-c1c2[nH]c2cc(Br)ccc12. The van der Waals surface area contributed by atoms with Crippen LogP contribution >= 0.6 is 15.9 Å². The lowest BCUT2D eigenvalue weighted by atomic mass is 9.75. The average Bonchev–Trinajstić information content (AvgIpc) is 3.45. The number of nitrogens with two attached hydrogens (primary N) is 1. The molecule has 162 valence electrons. The standard InChI is InChI=1S/C24H18BrN7O/c1-23-20-18(13-7-6-11(25)8-16(13)29-20)19-21(24(23,33)32-22(26)31-23)30-17(10-28-19)14-9-27-15-5-3-2-4-12(14)15/h2-10,27,29,33H,1H3,(H3,26,31,32)/t23-,24-/m1/s1. The molecule has 8 nitrogen and oxygen atoms in total. The lowest BCUT2D eigenvalue weighted by Crippen LogP contribution is -2.55. The number of aromatic nitrogens is 4. The molecule has 5 aromatic rings. The molecule has 7 rings (SSSR count). The molecule has 2 aliphatic rings. The lowest BCUT2D eigenvalue weighted by molar-refractivity contribution is -0.0328. The van der Waals surface area contributed by atoms with Gasteiger partial charge in [0.2, 0.25) is 5.72 Å². The summed E-state index contributed by atoms with van der Waals surface area (Å²) in [5.74, 6) is 0.151. The molecule has 33 heavy (non-hydrogen) atoms. The maximum absolute atomic E-state index is 12.0. The predicted molar refractivity (Wildman–Crippen MR) is 130 cm³/mol. The first-order valence-corrected chi connectivity index (χ1v) is 11.3. The van der Waals surface area contributed by atoms with Crippen LogP contribution in [0, 0.1) is 0 Å². The molecule has 4 heterocycles. The number of H-pyrrole nitrogens is 2. The van der Waals surface area contributed by atoms with Crippen molar-refractivity contribution < 1.29 is 5.11 Å². The Kier molecular flexibility index (Phi) is 3.43. The van der Waals surface area contributed by atoms with Crippen molar-refractivity contribution in [3.63, 3.8) is 0 Å². The number of nitrogens with one attached hydrogen (secondary N) is 3. The van der Waals surface area contributed by atoms with Crippen LogP contribution in [0.1, 0.15) is 18.3 Å². The zero-order valence-electron chi connectivity index (χ0n) is 17.4. The highest BCUT2D eigenvalue weighted by molar-refractivity contribution is 9.10. The molecule has 3 aromatic heterocycles. The third-order valence-electron chi connectivity index (χ3n) is 6.82. The van der Waals surface area contributed by atoms with E-state index < -0.39 is 11.3 Å². The summed E-state index contributed by atoms with van der Waals surface area (Å²) < 4.78 is 0.949. The van der Waals surface area contributed by atoms with Crippen LogP contribution in [0.3, 0.4) is 0 Å². The summed E-state index contributed by atoms with van der Waals surface area (Å²) in [5.41, 5.74) is 9.42. The number of para-hydroxylation sites is 1. The second-order valence-corrected chi connectivity index (χ2v) is 9.60. The minimum Gasteiger partial charge on any atom is -0.370 e. The highest BCUT2D eigenvalue weighted by atomic mass is 79.9. The van der Waals surface area contributed by atoms with E-state index in [1.807, 2.05) is 55.6 Å². The number of hydrogen-bond donors (Lipinski definition) is 5. The highest BCUT2D eigenvalue weighted by Gasteiger charge is 2.61. The van der Waals surface area contributed by atoms with E-state index >= 15 is 0 Å². The van der Waals surface area contributed by atoms with Crippen molar-refractivity contribution in [1.82, 2.24) is 25.3 Å². The van der Waals surface area contributed by atoms with Crippen LogP contribution in [-0.4, -0.2) is 31.0 Å². The maximum atomic E-state index is 12.0. The Morgan fingerprint density at radius 1 is 1.09 bits per heavy atom. The summed E-state index contributed by atoms with van der Waals surface area (Å²) in [6.45, 7) is 1.88. The minimum absolute atomic E-state index is 0.151. The molecule has 0 saturated carbocycles. The number of nitrogens with zero attached hydrogens (tertiary/aromatic N) is 3. The Bertz CT molecular complexity index is 1670. The van der Waals surface area contributed by atoms with Gasteiger partial charge in [0, 0.05) is 43.6 Å². The molecule has 0 fully saturated rings. The fraction of sp³-hybridized carbons (Fsp3) is 0.125. The van der Waals surface area contributed by atoms with Gasteiger partial charge in [0.05, 0.1) is 23.3 Å². The van der Waals surface area contributed by atoms with Crippen LogP contribution in [0.4, 0.5) is 0 Å². The van der Waals surface area contributed by atoms with E-state index in [1.54, 1.807) is 6.20 Å². The molecule has 6 N–H and O–H groups in total. The first-order valence-electron chi connectivity index (χ1n) is 10.5. The van der Waals surface area contributed by atoms with Gasteiger partial charge < -0.3 is 26.1 Å². The van der Waals surface area contributed by atoms with Gasteiger partial charge in [-0.2, -0.15) is 0 Å². The normalized spacial score (nSPS) is 23.2. The number of hydrogen-bond acceptors (Lipinski definition) is 6. The van der Waals surface area contributed by atoms with Crippen molar-refractivity contribution in [2.45, 2.75) is 18.2 Å². The molecule has 9 heteroatoms. The third-order valence-corrected chi connectivity index (χ3v) is 7.32. The Hall–Kier alpha value is -3.69. The van der Waals surface area contributed by atoms with Gasteiger partial charge in [0.1, 0.15) is 11.2 Å². The predicted octanol–water partition coefficient (Wildman–Crippen LogP) is 3.83. The molecular weight excluding hydrogens is 482 g/mol. The lowest BCUT2D eigenvalue weighted by Gasteiger charge is -2.40. The summed E-state index contributed by atoms with van der Waals surface area (Å²) in [6, 6.07) is 14.0. The number of aliphatic hydroxyl groups is 1.